The van der Waals surface area contributed by atoms with E-state index in [4.69, 9.17) is 0 Å². The van der Waals surface area contributed by atoms with Crippen LogP contribution in [0.1, 0.15) is 44.4 Å². The Labute approximate surface area is 243 Å². The van der Waals surface area contributed by atoms with Gasteiger partial charge < -0.3 is 0 Å². The van der Waals surface area contributed by atoms with Gasteiger partial charge in [-0.2, -0.15) is 0 Å². The summed E-state index contributed by atoms with van der Waals surface area (Å²) < 4.78 is 16.6. The van der Waals surface area contributed by atoms with Crippen LogP contribution >= 0.6 is 0 Å². The molecule has 0 unspecified atom stereocenters. The molecule has 1 aliphatic carbocycles. The molecule has 0 saturated heterocycles. The molecular weight excluding hydrogens is 499 g/mol. The van der Waals surface area contributed by atoms with E-state index in [2.05, 4.69) is 87.5 Å². The Hall–Kier alpha value is -4.49. The third-order valence-electron chi connectivity index (χ3n) is 8.39. The van der Waals surface area contributed by atoms with E-state index in [1.165, 1.54) is 33.2 Å². The first-order valence-corrected chi connectivity index (χ1v) is 14.6. The van der Waals surface area contributed by atoms with Gasteiger partial charge in [-0.05, 0) is 86.0 Å². The summed E-state index contributed by atoms with van der Waals surface area (Å²) in [5, 5.41) is 2.25. The smallest absolute Gasteiger partial charge is 0.132 e. The maximum Gasteiger partial charge on any atom is 0.132 e. The summed E-state index contributed by atoms with van der Waals surface area (Å²) in [6.07, 6.45) is 0. The fourth-order valence-corrected chi connectivity index (χ4v) is 6.43. The predicted molar refractivity (Wildman–Crippen MR) is 174 cm³/mol. The van der Waals surface area contributed by atoms with Crippen molar-refractivity contribution in [2.24, 2.45) is 0 Å². The van der Waals surface area contributed by atoms with Gasteiger partial charge in [0.1, 0.15) is 5.82 Å². The molecule has 202 valence electrons. The van der Waals surface area contributed by atoms with Crippen molar-refractivity contribution in [3.63, 3.8) is 0 Å². The van der Waals surface area contributed by atoms with E-state index in [0.717, 1.165) is 33.2 Å². The minimum Gasteiger partial charge on any atom is -0.206 e. The van der Waals surface area contributed by atoms with Crippen molar-refractivity contribution in [3.8, 4) is 44.5 Å². The molecule has 41 heavy (non-hydrogen) atoms. The van der Waals surface area contributed by atoms with Crippen molar-refractivity contribution < 1.29 is 4.39 Å². The van der Waals surface area contributed by atoms with Gasteiger partial charge >= 0.3 is 0 Å². The van der Waals surface area contributed by atoms with Crippen molar-refractivity contribution >= 4 is 10.8 Å². The second-order valence-electron chi connectivity index (χ2n) is 11.2. The lowest BCUT2D eigenvalue weighted by Gasteiger charge is -2.24. The first kappa shape index (κ1) is 26.7. The zero-order chi connectivity index (χ0) is 28.7. The highest BCUT2D eigenvalue weighted by atomic mass is 19.1. The fourth-order valence-electron chi connectivity index (χ4n) is 6.43. The van der Waals surface area contributed by atoms with E-state index in [-0.39, 0.29) is 11.2 Å². The van der Waals surface area contributed by atoms with Crippen LogP contribution in [0.15, 0.2) is 121 Å². The van der Waals surface area contributed by atoms with Gasteiger partial charge in [-0.15, -0.1) is 0 Å². The lowest BCUT2D eigenvalue weighted by molar-refractivity contribution is 0.632. The van der Waals surface area contributed by atoms with E-state index in [0.29, 0.717) is 5.56 Å². The minimum atomic E-state index is -0.204. The van der Waals surface area contributed by atoms with Gasteiger partial charge in [0.15, 0.2) is 0 Å². The number of halogens is 1. The van der Waals surface area contributed by atoms with Gasteiger partial charge in [0.2, 0.25) is 0 Å². The van der Waals surface area contributed by atoms with Gasteiger partial charge in [0.05, 0.1) is 0 Å². The molecule has 0 nitrogen and oxygen atoms in total. The van der Waals surface area contributed by atoms with E-state index in [9.17, 15) is 0 Å². The number of hydrogen-bond acceptors (Lipinski definition) is 0. The molecule has 1 aliphatic rings. The van der Waals surface area contributed by atoms with E-state index in [1.807, 2.05) is 62.4 Å². The molecule has 0 spiro atoms. The molecule has 0 N–H and O–H groups in total. The Morgan fingerprint density at radius 2 is 1.10 bits per heavy atom. The molecule has 7 rings (SSSR count). The van der Waals surface area contributed by atoms with Crippen molar-refractivity contribution in [1.82, 2.24) is 0 Å². The summed E-state index contributed by atoms with van der Waals surface area (Å²) in [5.74, 6) is -0.204. The van der Waals surface area contributed by atoms with E-state index >= 15 is 4.39 Å². The molecule has 0 fully saturated rings. The normalized spacial score (nSPS) is 12.8. The Morgan fingerprint density at radius 1 is 0.488 bits per heavy atom. The van der Waals surface area contributed by atoms with Crippen LogP contribution in [0.3, 0.4) is 0 Å². The SMILES string of the molecule is CC.Cc1ccc2c(c1)C(C)(C)c1cc(-c3c(F)cc(-c4ccccc4)cc3-c3ccccc3)c3ccccc3c1-2. The monoisotopic (exact) mass is 534 g/mol. The lowest BCUT2D eigenvalue weighted by atomic mass is 9.79. The maximum absolute atomic E-state index is 16.6. The van der Waals surface area contributed by atoms with Crippen LogP contribution in [-0.4, -0.2) is 0 Å². The summed E-state index contributed by atoms with van der Waals surface area (Å²) in [5.41, 5.74) is 11.6. The van der Waals surface area contributed by atoms with Gasteiger partial charge in [0.25, 0.3) is 0 Å². The molecule has 0 radical (unpaired) electrons. The Balaban J connectivity index is 0.00000148. The molecular formula is C40H35F. The van der Waals surface area contributed by atoms with E-state index in [1.54, 1.807) is 6.07 Å². The van der Waals surface area contributed by atoms with Crippen LogP contribution in [0.2, 0.25) is 0 Å². The number of rotatable bonds is 3. The topological polar surface area (TPSA) is 0 Å². The summed E-state index contributed by atoms with van der Waals surface area (Å²) in [7, 11) is 0. The summed E-state index contributed by atoms with van der Waals surface area (Å²) in [6.45, 7) is 10.7. The molecule has 0 bridgehead atoms. The summed E-state index contributed by atoms with van der Waals surface area (Å²) >= 11 is 0. The lowest BCUT2D eigenvalue weighted by Crippen LogP contribution is -2.15. The largest absolute Gasteiger partial charge is 0.206 e. The Kier molecular flexibility index (Phi) is 6.83. The van der Waals surface area contributed by atoms with Crippen LogP contribution in [0.5, 0.6) is 0 Å². The molecule has 6 aromatic rings. The van der Waals surface area contributed by atoms with Crippen LogP contribution in [0.25, 0.3) is 55.3 Å². The maximum atomic E-state index is 16.6. The Bertz CT molecular complexity index is 1880. The predicted octanol–water partition coefficient (Wildman–Crippen LogP) is 11.6. The summed E-state index contributed by atoms with van der Waals surface area (Å²) in [6, 6.07) is 41.6. The van der Waals surface area contributed by atoms with Crippen LogP contribution in [-0.2, 0) is 5.41 Å². The molecule has 0 aromatic heterocycles. The van der Waals surface area contributed by atoms with Crippen LogP contribution < -0.4 is 0 Å². The second-order valence-corrected chi connectivity index (χ2v) is 11.2. The van der Waals surface area contributed by atoms with Crippen molar-refractivity contribution in [2.75, 3.05) is 0 Å². The molecule has 0 saturated carbocycles. The molecule has 0 heterocycles. The van der Waals surface area contributed by atoms with Crippen molar-refractivity contribution in [2.45, 2.75) is 40.0 Å². The number of benzene rings is 6. The van der Waals surface area contributed by atoms with Gasteiger partial charge in [-0.3, -0.25) is 0 Å². The molecule has 0 aliphatic heterocycles. The zero-order valence-electron chi connectivity index (χ0n) is 24.4. The van der Waals surface area contributed by atoms with Gasteiger partial charge in [-0.25, -0.2) is 4.39 Å². The fraction of sp³-hybridized carbons (Fsp3) is 0.150. The molecule has 0 atom stereocenters. The van der Waals surface area contributed by atoms with Gasteiger partial charge in [-0.1, -0.05) is 136 Å². The minimum absolute atomic E-state index is 0.192. The number of hydrogen-bond donors (Lipinski definition) is 0. The molecule has 6 aromatic carbocycles. The summed E-state index contributed by atoms with van der Waals surface area (Å²) in [4.78, 5) is 0. The molecule has 0 amide bonds. The van der Waals surface area contributed by atoms with Crippen molar-refractivity contribution in [3.05, 3.63) is 144 Å². The highest BCUT2D eigenvalue weighted by molar-refractivity contribution is 6.10. The van der Waals surface area contributed by atoms with Gasteiger partial charge in [0, 0.05) is 11.0 Å². The third kappa shape index (κ3) is 4.37. The molecule has 1 heteroatoms. The average molecular weight is 535 g/mol. The standard InChI is InChI=1S/C38H29F.C2H6/c1-24-18-19-30-33(20-24)38(2,3)34-23-32(28-16-10-11-17-29(28)36(30)34)37-31(26-14-8-5-9-15-26)21-27(22-35(37)39)25-12-6-4-7-13-25;1-2/h4-23H,1-3H3;1-2H3. The highest BCUT2D eigenvalue weighted by Crippen LogP contribution is 2.54. The first-order valence-electron chi connectivity index (χ1n) is 14.6. The first-order chi connectivity index (χ1) is 19.9. The zero-order valence-corrected chi connectivity index (χ0v) is 24.4. The number of fused-ring (bicyclic) bond motifs is 5. The quantitative estimate of drug-likeness (QED) is 0.212. The van der Waals surface area contributed by atoms with Crippen LogP contribution in [0.4, 0.5) is 4.39 Å². The van der Waals surface area contributed by atoms with Crippen molar-refractivity contribution in [1.29, 1.82) is 0 Å². The highest BCUT2D eigenvalue weighted by Gasteiger charge is 2.37. The third-order valence-corrected chi connectivity index (χ3v) is 8.39. The van der Waals surface area contributed by atoms with Crippen LogP contribution in [0, 0.1) is 12.7 Å². The van der Waals surface area contributed by atoms with E-state index < -0.39 is 0 Å². The Morgan fingerprint density at radius 3 is 1.78 bits per heavy atom. The second kappa shape index (κ2) is 10.5. The number of aryl methyl sites for hydroxylation is 1. The average Bonchev–Trinajstić information content (AvgIpc) is 3.24.